The number of thioether (sulfide) groups is 1. The summed E-state index contributed by atoms with van der Waals surface area (Å²) in [4.78, 5) is 2.39. The number of halogens is 1. The molecule has 1 fully saturated rings. The SMILES string of the molecule is N#Cc1ccc(N2CCCSCC2)cc1Br. The van der Waals surface area contributed by atoms with Crippen LogP contribution in [0.1, 0.15) is 12.0 Å². The summed E-state index contributed by atoms with van der Waals surface area (Å²) in [5.41, 5.74) is 1.92. The summed E-state index contributed by atoms with van der Waals surface area (Å²) in [5, 5.41) is 8.87. The number of nitriles is 1. The maximum atomic E-state index is 8.87. The van der Waals surface area contributed by atoms with Crippen molar-refractivity contribution in [3.05, 3.63) is 28.2 Å². The summed E-state index contributed by atoms with van der Waals surface area (Å²) in [6, 6.07) is 8.15. The average Bonchev–Trinajstić information content (AvgIpc) is 2.57. The number of anilines is 1. The predicted octanol–water partition coefficient (Wildman–Crippen LogP) is 3.26. The van der Waals surface area contributed by atoms with Crippen molar-refractivity contribution in [2.45, 2.75) is 6.42 Å². The van der Waals surface area contributed by atoms with Gasteiger partial charge >= 0.3 is 0 Å². The van der Waals surface area contributed by atoms with Crippen molar-refractivity contribution in [1.82, 2.24) is 0 Å². The van der Waals surface area contributed by atoms with Gasteiger partial charge in [-0.3, -0.25) is 0 Å². The molecular formula is C12H13BrN2S. The van der Waals surface area contributed by atoms with E-state index in [2.05, 4.69) is 33.0 Å². The molecule has 0 bridgehead atoms. The van der Waals surface area contributed by atoms with Crippen molar-refractivity contribution in [1.29, 1.82) is 5.26 Å². The minimum Gasteiger partial charge on any atom is -0.371 e. The van der Waals surface area contributed by atoms with Crippen molar-refractivity contribution >= 4 is 33.4 Å². The summed E-state index contributed by atoms with van der Waals surface area (Å²) in [7, 11) is 0. The highest BCUT2D eigenvalue weighted by Crippen LogP contribution is 2.25. The molecule has 0 spiro atoms. The number of nitrogens with zero attached hydrogens (tertiary/aromatic N) is 2. The third kappa shape index (κ3) is 2.72. The second-order valence-electron chi connectivity index (χ2n) is 3.73. The van der Waals surface area contributed by atoms with E-state index in [4.69, 9.17) is 5.26 Å². The number of hydrogen-bond acceptors (Lipinski definition) is 3. The zero-order chi connectivity index (χ0) is 11.4. The number of benzene rings is 1. The highest BCUT2D eigenvalue weighted by molar-refractivity contribution is 9.10. The molecule has 1 aliphatic rings. The molecule has 1 aliphatic heterocycles. The first-order valence-electron chi connectivity index (χ1n) is 5.33. The van der Waals surface area contributed by atoms with Gasteiger partial charge in [0.2, 0.25) is 0 Å². The quantitative estimate of drug-likeness (QED) is 0.796. The fourth-order valence-electron chi connectivity index (χ4n) is 1.80. The molecule has 4 heteroatoms. The zero-order valence-electron chi connectivity index (χ0n) is 8.95. The highest BCUT2D eigenvalue weighted by atomic mass is 79.9. The third-order valence-electron chi connectivity index (χ3n) is 2.66. The summed E-state index contributed by atoms with van der Waals surface area (Å²) in [6.07, 6.45) is 1.24. The molecule has 84 valence electrons. The Morgan fingerprint density at radius 2 is 2.19 bits per heavy atom. The Hall–Kier alpha value is -0.660. The summed E-state index contributed by atoms with van der Waals surface area (Å²) in [6.45, 7) is 2.22. The Bertz CT molecular complexity index is 406. The first-order valence-corrected chi connectivity index (χ1v) is 7.28. The van der Waals surface area contributed by atoms with Crippen molar-refractivity contribution in [3.63, 3.8) is 0 Å². The molecule has 1 aromatic rings. The Labute approximate surface area is 109 Å². The van der Waals surface area contributed by atoms with Crippen LogP contribution in [0.3, 0.4) is 0 Å². The Morgan fingerprint density at radius 1 is 1.31 bits per heavy atom. The first kappa shape index (κ1) is 11.8. The highest BCUT2D eigenvalue weighted by Gasteiger charge is 2.11. The van der Waals surface area contributed by atoms with E-state index in [0.29, 0.717) is 5.56 Å². The molecule has 0 aromatic heterocycles. The van der Waals surface area contributed by atoms with Crippen LogP contribution in [0, 0.1) is 11.3 Å². The van der Waals surface area contributed by atoms with Crippen molar-refractivity contribution in [3.8, 4) is 6.07 Å². The van der Waals surface area contributed by atoms with Gasteiger partial charge in [0.25, 0.3) is 0 Å². The van der Waals surface area contributed by atoms with Gasteiger partial charge in [-0.1, -0.05) is 0 Å². The normalized spacial score (nSPS) is 16.6. The fourth-order valence-corrected chi connectivity index (χ4v) is 3.14. The summed E-state index contributed by atoms with van der Waals surface area (Å²) in [5.74, 6) is 2.45. The molecule has 1 saturated heterocycles. The monoisotopic (exact) mass is 296 g/mol. The predicted molar refractivity (Wildman–Crippen MR) is 73.0 cm³/mol. The molecule has 1 aromatic carbocycles. The molecule has 0 unspecified atom stereocenters. The molecule has 2 nitrogen and oxygen atoms in total. The molecule has 1 heterocycles. The maximum Gasteiger partial charge on any atom is 0.100 e. The summed E-state index contributed by atoms with van der Waals surface area (Å²) >= 11 is 5.46. The Kier molecular flexibility index (Phi) is 4.14. The number of rotatable bonds is 1. The fraction of sp³-hybridized carbons (Fsp3) is 0.417. The van der Waals surface area contributed by atoms with Crippen LogP contribution < -0.4 is 4.90 Å². The Morgan fingerprint density at radius 3 is 2.94 bits per heavy atom. The van der Waals surface area contributed by atoms with Gasteiger partial charge in [-0.15, -0.1) is 0 Å². The van der Waals surface area contributed by atoms with E-state index in [1.165, 1.54) is 23.6 Å². The lowest BCUT2D eigenvalue weighted by molar-refractivity contribution is 0.816. The van der Waals surface area contributed by atoms with Gasteiger partial charge in [-0.05, 0) is 46.3 Å². The second kappa shape index (κ2) is 5.60. The van der Waals surface area contributed by atoms with Crippen LogP contribution in [-0.4, -0.2) is 24.6 Å². The molecule has 0 aliphatic carbocycles. The van der Waals surface area contributed by atoms with Gasteiger partial charge in [-0.2, -0.15) is 17.0 Å². The molecule has 16 heavy (non-hydrogen) atoms. The Balaban J connectivity index is 2.20. The third-order valence-corrected chi connectivity index (χ3v) is 4.37. The van der Waals surface area contributed by atoms with Crippen LogP contribution in [-0.2, 0) is 0 Å². The second-order valence-corrected chi connectivity index (χ2v) is 5.81. The molecule has 0 amide bonds. The smallest absolute Gasteiger partial charge is 0.100 e. The standard InChI is InChI=1S/C12H13BrN2S/c13-12-8-11(3-2-10(12)9-14)15-4-1-6-16-7-5-15/h2-3,8H,1,4-7H2. The molecular weight excluding hydrogens is 284 g/mol. The zero-order valence-corrected chi connectivity index (χ0v) is 11.4. The summed E-state index contributed by atoms with van der Waals surface area (Å²) < 4.78 is 0.893. The van der Waals surface area contributed by atoms with Crippen LogP contribution >= 0.6 is 27.7 Å². The van der Waals surface area contributed by atoms with Gasteiger partial charge in [-0.25, -0.2) is 0 Å². The lowest BCUT2D eigenvalue weighted by atomic mass is 10.2. The molecule has 2 rings (SSSR count). The van der Waals surface area contributed by atoms with E-state index in [0.717, 1.165) is 17.6 Å². The van der Waals surface area contributed by atoms with E-state index < -0.39 is 0 Å². The van der Waals surface area contributed by atoms with Gasteiger partial charge in [0.15, 0.2) is 0 Å². The maximum absolute atomic E-state index is 8.87. The number of hydrogen-bond donors (Lipinski definition) is 0. The minimum absolute atomic E-state index is 0.702. The van der Waals surface area contributed by atoms with E-state index in [-0.39, 0.29) is 0 Å². The van der Waals surface area contributed by atoms with Gasteiger partial charge in [0, 0.05) is 29.0 Å². The largest absolute Gasteiger partial charge is 0.371 e. The van der Waals surface area contributed by atoms with Gasteiger partial charge in [0.1, 0.15) is 6.07 Å². The van der Waals surface area contributed by atoms with Crippen molar-refractivity contribution in [2.75, 3.05) is 29.5 Å². The average molecular weight is 297 g/mol. The van der Waals surface area contributed by atoms with Crippen molar-refractivity contribution in [2.24, 2.45) is 0 Å². The van der Waals surface area contributed by atoms with E-state index in [9.17, 15) is 0 Å². The molecule has 0 atom stereocenters. The van der Waals surface area contributed by atoms with E-state index >= 15 is 0 Å². The van der Waals surface area contributed by atoms with Crippen molar-refractivity contribution < 1.29 is 0 Å². The van der Waals surface area contributed by atoms with Crippen LogP contribution in [0.5, 0.6) is 0 Å². The van der Waals surface area contributed by atoms with Crippen LogP contribution in [0.4, 0.5) is 5.69 Å². The molecule has 0 radical (unpaired) electrons. The van der Waals surface area contributed by atoms with Crippen LogP contribution in [0.15, 0.2) is 22.7 Å². The minimum atomic E-state index is 0.702. The van der Waals surface area contributed by atoms with Gasteiger partial charge < -0.3 is 4.90 Å². The van der Waals surface area contributed by atoms with Crippen LogP contribution in [0.2, 0.25) is 0 Å². The topological polar surface area (TPSA) is 27.0 Å². The van der Waals surface area contributed by atoms with E-state index in [1.54, 1.807) is 0 Å². The van der Waals surface area contributed by atoms with E-state index in [1.807, 2.05) is 23.9 Å². The molecule has 0 N–H and O–H groups in total. The lowest BCUT2D eigenvalue weighted by Crippen LogP contribution is -2.25. The van der Waals surface area contributed by atoms with Crippen LogP contribution in [0.25, 0.3) is 0 Å². The molecule has 0 saturated carbocycles. The lowest BCUT2D eigenvalue weighted by Gasteiger charge is -2.22. The first-order chi connectivity index (χ1) is 7.81. The van der Waals surface area contributed by atoms with Gasteiger partial charge in [0.05, 0.1) is 5.56 Å².